The second kappa shape index (κ2) is 6.53. The lowest BCUT2D eigenvalue weighted by Crippen LogP contribution is -2.22. The molecule has 0 atom stereocenters. The fourth-order valence-corrected chi connectivity index (χ4v) is 2.15. The van der Waals surface area contributed by atoms with Crippen LogP contribution in [-0.4, -0.2) is 17.6 Å². The van der Waals surface area contributed by atoms with Gasteiger partial charge in [0.05, 0.1) is 6.61 Å². The first-order valence-corrected chi connectivity index (χ1v) is 7.45. The third kappa shape index (κ3) is 4.58. The summed E-state index contributed by atoms with van der Waals surface area (Å²) >= 11 is 3.46. The van der Waals surface area contributed by atoms with Gasteiger partial charge in [-0.1, -0.05) is 26.7 Å². The molecule has 1 fully saturated rings. The largest absolute Gasteiger partial charge is 0.477 e. The highest BCUT2D eigenvalue weighted by atomic mass is 79.9. The Morgan fingerprint density at radius 1 is 1.50 bits per heavy atom. The summed E-state index contributed by atoms with van der Waals surface area (Å²) in [6.07, 6.45) is 5.71. The Hall–Kier alpha value is -0.610. The summed E-state index contributed by atoms with van der Waals surface area (Å²) in [6, 6.07) is 2.54. The molecule has 1 saturated carbocycles. The maximum Gasteiger partial charge on any atom is 0.217 e. The highest BCUT2D eigenvalue weighted by Crippen LogP contribution is 2.32. The molecular weight excluding hydrogens is 292 g/mol. The van der Waals surface area contributed by atoms with Crippen LogP contribution >= 0.6 is 15.9 Å². The van der Waals surface area contributed by atoms with Crippen LogP contribution < -0.4 is 10.1 Å². The van der Waals surface area contributed by atoms with E-state index >= 15 is 0 Å². The number of rotatable bonds is 7. The van der Waals surface area contributed by atoms with Crippen molar-refractivity contribution in [2.75, 3.05) is 6.61 Å². The predicted molar refractivity (Wildman–Crippen MR) is 76.7 cm³/mol. The highest BCUT2D eigenvalue weighted by Gasteiger charge is 2.21. The van der Waals surface area contributed by atoms with E-state index < -0.39 is 0 Å². The molecule has 0 aromatic carbocycles. The third-order valence-electron chi connectivity index (χ3n) is 3.05. The minimum Gasteiger partial charge on any atom is -0.477 e. The number of pyridine rings is 1. The molecule has 100 valence electrons. The Labute approximate surface area is 117 Å². The number of ether oxygens (including phenoxy) is 1. The van der Waals surface area contributed by atoms with E-state index in [1.165, 1.54) is 12.8 Å². The van der Waals surface area contributed by atoms with E-state index in [0.717, 1.165) is 41.4 Å². The van der Waals surface area contributed by atoms with Crippen LogP contribution in [0.3, 0.4) is 0 Å². The Morgan fingerprint density at radius 3 is 2.94 bits per heavy atom. The topological polar surface area (TPSA) is 34.2 Å². The Morgan fingerprint density at radius 2 is 2.28 bits per heavy atom. The summed E-state index contributed by atoms with van der Waals surface area (Å²) < 4.78 is 6.80. The molecule has 1 aliphatic rings. The first-order chi connectivity index (χ1) is 8.65. The smallest absolute Gasteiger partial charge is 0.217 e. The zero-order valence-electron chi connectivity index (χ0n) is 11.1. The van der Waals surface area contributed by atoms with Gasteiger partial charge in [-0.25, -0.2) is 4.98 Å². The molecule has 3 nitrogen and oxygen atoms in total. The summed E-state index contributed by atoms with van der Waals surface area (Å²) in [5, 5.41) is 3.40. The molecule has 1 aromatic heterocycles. The van der Waals surface area contributed by atoms with E-state index in [2.05, 4.69) is 46.1 Å². The van der Waals surface area contributed by atoms with Crippen molar-refractivity contribution in [1.82, 2.24) is 10.3 Å². The molecule has 4 heteroatoms. The van der Waals surface area contributed by atoms with Crippen molar-refractivity contribution in [2.24, 2.45) is 5.92 Å². The molecule has 1 aromatic rings. The Balaban J connectivity index is 1.92. The zero-order chi connectivity index (χ0) is 13.0. The summed E-state index contributed by atoms with van der Waals surface area (Å²) in [5.41, 5.74) is 1.12. The molecule has 18 heavy (non-hydrogen) atoms. The van der Waals surface area contributed by atoms with Crippen molar-refractivity contribution < 1.29 is 4.74 Å². The van der Waals surface area contributed by atoms with Crippen LogP contribution in [-0.2, 0) is 6.54 Å². The summed E-state index contributed by atoms with van der Waals surface area (Å²) in [7, 11) is 0. The minimum absolute atomic E-state index is 0.461. The molecule has 0 unspecified atom stereocenters. The lowest BCUT2D eigenvalue weighted by Gasteiger charge is -2.13. The van der Waals surface area contributed by atoms with Crippen LogP contribution in [0.5, 0.6) is 5.88 Å². The molecule has 1 heterocycles. The highest BCUT2D eigenvalue weighted by molar-refractivity contribution is 9.10. The first kappa shape index (κ1) is 13.8. The van der Waals surface area contributed by atoms with Crippen molar-refractivity contribution in [3.8, 4) is 5.88 Å². The van der Waals surface area contributed by atoms with Gasteiger partial charge in [-0.05, 0) is 34.3 Å². The first-order valence-electron chi connectivity index (χ1n) is 6.65. The van der Waals surface area contributed by atoms with Crippen LogP contribution in [0.4, 0.5) is 0 Å². The van der Waals surface area contributed by atoms with Gasteiger partial charge in [0.25, 0.3) is 0 Å². The molecule has 2 rings (SSSR count). The van der Waals surface area contributed by atoms with Gasteiger partial charge in [0.2, 0.25) is 5.88 Å². The molecule has 1 aliphatic carbocycles. The van der Waals surface area contributed by atoms with Crippen LogP contribution in [0.15, 0.2) is 16.7 Å². The number of nitrogens with zero attached hydrogens (tertiary/aromatic N) is 1. The average Bonchev–Trinajstić information content (AvgIpc) is 3.13. The number of halogens is 1. The van der Waals surface area contributed by atoms with Crippen molar-refractivity contribution in [2.45, 2.75) is 45.7 Å². The number of hydrogen-bond acceptors (Lipinski definition) is 3. The van der Waals surface area contributed by atoms with Crippen LogP contribution in [0.2, 0.25) is 0 Å². The Kier molecular flexibility index (Phi) is 5.01. The van der Waals surface area contributed by atoms with Gasteiger partial charge in [0, 0.05) is 28.8 Å². The molecule has 0 amide bonds. The average molecular weight is 313 g/mol. The summed E-state index contributed by atoms with van der Waals surface area (Å²) in [6.45, 7) is 5.86. The van der Waals surface area contributed by atoms with Gasteiger partial charge in [-0.3, -0.25) is 0 Å². The number of aromatic nitrogens is 1. The molecule has 0 aliphatic heterocycles. The van der Waals surface area contributed by atoms with Gasteiger partial charge in [0.1, 0.15) is 0 Å². The maximum atomic E-state index is 5.80. The van der Waals surface area contributed by atoms with Gasteiger partial charge in [0.15, 0.2) is 0 Å². The molecule has 1 N–H and O–H groups in total. The SMILES string of the molecule is CC(C)NCc1cc(Br)cnc1OCCC1CC1. The van der Waals surface area contributed by atoms with Crippen molar-refractivity contribution in [3.63, 3.8) is 0 Å². The minimum atomic E-state index is 0.461. The van der Waals surface area contributed by atoms with Gasteiger partial charge in [-0.15, -0.1) is 0 Å². The molecule has 0 spiro atoms. The fourth-order valence-electron chi connectivity index (χ4n) is 1.77. The standard InChI is InChI=1S/C14H21BrN2O/c1-10(2)16-8-12-7-13(15)9-17-14(12)18-6-5-11-3-4-11/h7,9-11,16H,3-6,8H2,1-2H3. The summed E-state index contributed by atoms with van der Waals surface area (Å²) in [4.78, 5) is 4.36. The van der Waals surface area contributed by atoms with E-state index in [4.69, 9.17) is 4.74 Å². The van der Waals surface area contributed by atoms with Gasteiger partial charge in [-0.2, -0.15) is 0 Å². The molecule has 0 saturated heterocycles. The quantitative estimate of drug-likeness (QED) is 0.836. The predicted octanol–water partition coefficient (Wildman–Crippen LogP) is 3.52. The third-order valence-corrected chi connectivity index (χ3v) is 3.49. The normalized spacial score (nSPS) is 15.1. The van der Waals surface area contributed by atoms with Crippen molar-refractivity contribution >= 4 is 15.9 Å². The lowest BCUT2D eigenvalue weighted by atomic mass is 10.2. The van der Waals surface area contributed by atoms with Gasteiger partial charge >= 0.3 is 0 Å². The monoisotopic (exact) mass is 312 g/mol. The van der Waals surface area contributed by atoms with E-state index in [-0.39, 0.29) is 0 Å². The van der Waals surface area contributed by atoms with Crippen LogP contribution in [0, 0.1) is 5.92 Å². The van der Waals surface area contributed by atoms with E-state index in [0.29, 0.717) is 6.04 Å². The molecule has 0 bridgehead atoms. The fraction of sp³-hybridized carbons (Fsp3) is 0.643. The van der Waals surface area contributed by atoms with E-state index in [1.807, 2.05) is 0 Å². The second-order valence-corrected chi connectivity index (χ2v) is 6.15. The zero-order valence-corrected chi connectivity index (χ0v) is 12.7. The van der Waals surface area contributed by atoms with Gasteiger partial charge < -0.3 is 10.1 Å². The second-order valence-electron chi connectivity index (χ2n) is 5.23. The number of hydrogen-bond donors (Lipinski definition) is 1. The Bertz CT molecular complexity index is 391. The maximum absolute atomic E-state index is 5.80. The molecule has 0 radical (unpaired) electrons. The lowest BCUT2D eigenvalue weighted by molar-refractivity contribution is 0.287. The number of nitrogens with one attached hydrogen (secondary N) is 1. The van der Waals surface area contributed by atoms with E-state index in [9.17, 15) is 0 Å². The van der Waals surface area contributed by atoms with Crippen LogP contribution in [0.25, 0.3) is 0 Å². The molecular formula is C14H21BrN2O. The van der Waals surface area contributed by atoms with E-state index in [1.54, 1.807) is 6.20 Å². The van der Waals surface area contributed by atoms with Crippen molar-refractivity contribution in [1.29, 1.82) is 0 Å². The van der Waals surface area contributed by atoms with Crippen LogP contribution in [0.1, 0.15) is 38.7 Å². The van der Waals surface area contributed by atoms with Crippen molar-refractivity contribution in [3.05, 3.63) is 22.3 Å². The summed E-state index contributed by atoms with van der Waals surface area (Å²) in [5.74, 6) is 1.67.